The monoisotopic (exact) mass is 397 g/mol. The van der Waals surface area contributed by atoms with Gasteiger partial charge in [0.05, 0.1) is 7.11 Å². The number of carbonyl (C=O) groups is 3. The van der Waals surface area contributed by atoms with Gasteiger partial charge in [0, 0.05) is 0 Å². The van der Waals surface area contributed by atoms with Crippen molar-refractivity contribution in [2.45, 2.75) is 26.3 Å². The van der Waals surface area contributed by atoms with Crippen molar-refractivity contribution in [3.05, 3.63) is 59.2 Å². The first-order chi connectivity index (χ1) is 13.7. The zero-order valence-corrected chi connectivity index (χ0v) is 16.7. The van der Waals surface area contributed by atoms with Crippen LogP contribution in [0.2, 0.25) is 0 Å². The van der Waals surface area contributed by atoms with Gasteiger partial charge in [-0.1, -0.05) is 24.3 Å². The zero-order valence-electron chi connectivity index (χ0n) is 16.7. The molecule has 1 fully saturated rings. The van der Waals surface area contributed by atoms with Crippen LogP contribution in [0, 0.1) is 13.8 Å². The molecule has 2 aromatic rings. The van der Waals surface area contributed by atoms with Crippen molar-refractivity contribution in [2.24, 2.45) is 0 Å². The van der Waals surface area contributed by atoms with Gasteiger partial charge in [-0.2, -0.15) is 5.01 Å². The van der Waals surface area contributed by atoms with Gasteiger partial charge in [-0.15, -0.1) is 0 Å². The Morgan fingerprint density at radius 2 is 1.93 bits per heavy atom. The Hall–Kier alpha value is -3.55. The number of urea groups is 1. The molecule has 1 saturated heterocycles. The van der Waals surface area contributed by atoms with E-state index in [1.54, 1.807) is 31.2 Å². The minimum atomic E-state index is -1.33. The number of hydrogen-bond acceptors (Lipinski definition) is 5. The summed E-state index contributed by atoms with van der Waals surface area (Å²) in [5.41, 5.74) is 3.40. The van der Waals surface area contributed by atoms with Gasteiger partial charge in [0.25, 0.3) is 11.8 Å². The smallest absolute Gasteiger partial charge is 0.344 e. The largest absolute Gasteiger partial charge is 0.497 e. The van der Waals surface area contributed by atoms with E-state index in [2.05, 4.69) is 10.7 Å². The summed E-state index contributed by atoms with van der Waals surface area (Å²) in [4.78, 5) is 37.5. The van der Waals surface area contributed by atoms with Crippen LogP contribution in [0.4, 0.5) is 4.79 Å². The van der Waals surface area contributed by atoms with E-state index in [0.29, 0.717) is 22.1 Å². The molecule has 0 bridgehead atoms. The summed E-state index contributed by atoms with van der Waals surface area (Å²) in [6.45, 7) is 5.01. The van der Waals surface area contributed by atoms with E-state index < -0.39 is 23.4 Å². The highest BCUT2D eigenvalue weighted by Gasteiger charge is 2.50. The van der Waals surface area contributed by atoms with E-state index in [0.717, 1.165) is 11.1 Å². The number of rotatable bonds is 6. The Kier molecular flexibility index (Phi) is 5.45. The number of hydrogen-bond donors (Lipinski definition) is 2. The van der Waals surface area contributed by atoms with Crippen molar-refractivity contribution in [2.75, 3.05) is 13.7 Å². The van der Waals surface area contributed by atoms with Gasteiger partial charge < -0.3 is 14.8 Å². The molecule has 2 N–H and O–H groups in total. The van der Waals surface area contributed by atoms with Gasteiger partial charge >= 0.3 is 6.03 Å². The van der Waals surface area contributed by atoms with E-state index in [1.807, 2.05) is 32.0 Å². The highest BCUT2D eigenvalue weighted by Crippen LogP contribution is 2.30. The number of ether oxygens (including phenoxy) is 2. The molecule has 1 aliphatic heterocycles. The first-order valence-electron chi connectivity index (χ1n) is 9.05. The molecule has 152 valence electrons. The number of amides is 4. The van der Waals surface area contributed by atoms with E-state index >= 15 is 0 Å². The third-order valence-electron chi connectivity index (χ3n) is 4.78. The van der Waals surface area contributed by atoms with Crippen LogP contribution in [0.3, 0.4) is 0 Å². The molecule has 4 amide bonds. The Balaban J connectivity index is 1.69. The normalized spacial score (nSPS) is 18.4. The van der Waals surface area contributed by atoms with Crippen LogP contribution >= 0.6 is 0 Å². The Labute approximate surface area is 168 Å². The average Bonchev–Trinajstić information content (AvgIpc) is 2.92. The Bertz CT molecular complexity index is 975. The van der Waals surface area contributed by atoms with Crippen molar-refractivity contribution in [3.63, 3.8) is 0 Å². The molecule has 0 aromatic heterocycles. The summed E-state index contributed by atoms with van der Waals surface area (Å²) in [5, 5.41) is 3.29. The van der Waals surface area contributed by atoms with Crippen LogP contribution in [-0.4, -0.2) is 36.6 Å². The van der Waals surface area contributed by atoms with Gasteiger partial charge in [0.2, 0.25) is 0 Å². The van der Waals surface area contributed by atoms with Crippen LogP contribution in [0.25, 0.3) is 0 Å². The van der Waals surface area contributed by atoms with Crippen molar-refractivity contribution in [1.82, 2.24) is 15.8 Å². The van der Waals surface area contributed by atoms with E-state index in [1.165, 1.54) is 7.11 Å². The number of imide groups is 1. The van der Waals surface area contributed by atoms with Crippen molar-refractivity contribution >= 4 is 17.8 Å². The third-order valence-corrected chi connectivity index (χ3v) is 4.78. The molecule has 0 radical (unpaired) electrons. The summed E-state index contributed by atoms with van der Waals surface area (Å²) >= 11 is 0. The fraction of sp³-hybridized carbons (Fsp3) is 0.286. The number of methoxy groups -OCH3 is 1. The first-order valence-corrected chi connectivity index (χ1v) is 9.05. The molecular formula is C21H23N3O5. The van der Waals surface area contributed by atoms with Gasteiger partial charge in [0.15, 0.2) is 6.61 Å². The SMILES string of the molecule is COc1cccc([C@]2(C)NC(=O)N(NC(=O)COc3cc(C)ccc3C)C2=O)c1. The zero-order chi connectivity index (χ0) is 21.2. The second-order valence-corrected chi connectivity index (χ2v) is 7.02. The Morgan fingerprint density at radius 3 is 2.66 bits per heavy atom. The second-order valence-electron chi connectivity index (χ2n) is 7.02. The standard InChI is InChI=1S/C21H23N3O5/c1-13-8-9-14(2)17(10-13)29-12-18(25)23-24-19(26)21(3,22-20(24)27)15-6-5-7-16(11-15)28-4/h5-11H,12H2,1-4H3,(H,22,27)(H,23,25)/t21-/m0/s1. The molecule has 0 unspecified atom stereocenters. The molecule has 0 spiro atoms. The quantitative estimate of drug-likeness (QED) is 0.729. The van der Waals surface area contributed by atoms with Gasteiger partial charge in [-0.05, 0) is 55.7 Å². The molecular weight excluding hydrogens is 374 g/mol. The Morgan fingerprint density at radius 1 is 1.17 bits per heavy atom. The first kappa shape index (κ1) is 20.2. The average molecular weight is 397 g/mol. The minimum absolute atomic E-state index is 0.336. The van der Waals surface area contributed by atoms with Gasteiger partial charge in [0.1, 0.15) is 17.0 Å². The summed E-state index contributed by atoms with van der Waals surface area (Å²) in [6.07, 6.45) is 0. The summed E-state index contributed by atoms with van der Waals surface area (Å²) in [6, 6.07) is 11.7. The van der Waals surface area contributed by atoms with Crippen LogP contribution in [-0.2, 0) is 15.1 Å². The molecule has 2 aromatic carbocycles. The molecule has 29 heavy (non-hydrogen) atoms. The van der Waals surface area contributed by atoms with E-state index in [9.17, 15) is 14.4 Å². The predicted octanol–water partition coefficient (Wildman–Crippen LogP) is 2.19. The van der Waals surface area contributed by atoms with E-state index in [4.69, 9.17) is 9.47 Å². The second kappa shape index (κ2) is 7.83. The minimum Gasteiger partial charge on any atom is -0.497 e. The molecule has 8 heteroatoms. The summed E-state index contributed by atoms with van der Waals surface area (Å²) in [7, 11) is 1.51. The lowest BCUT2D eigenvalue weighted by Crippen LogP contribution is -2.49. The maximum atomic E-state index is 12.9. The summed E-state index contributed by atoms with van der Waals surface area (Å²) < 4.78 is 10.7. The molecule has 1 aliphatic rings. The number of aryl methyl sites for hydroxylation is 2. The number of nitrogens with zero attached hydrogens (tertiary/aromatic N) is 1. The lowest BCUT2D eigenvalue weighted by Gasteiger charge is -2.22. The number of hydrazine groups is 1. The lowest BCUT2D eigenvalue weighted by molar-refractivity contribution is -0.139. The third kappa shape index (κ3) is 4.01. The van der Waals surface area contributed by atoms with Crippen molar-refractivity contribution in [1.29, 1.82) is 0 Å². The number of nitrogens with one attached hydrogen (secondary N) is 2. The fourth-order valence-electron chi connectivity index (χ4n) is 3.03. The number of benzene rings is 2. The summed E-state index contributed by atoms with van der Waals surface area (Å²) in [5.74, 6) is -0.103. The van der Waals surface area contributed by atoms with Crippen molar-refractivity contribution < 1.29 is 23.9 Å². The van der Waals surface area contributed by atoms with Crippen LogP contribution in [0.15, 0.2) is 42.5 Å². The topological polar surface area (TPSA) is 97.0 Å². The highest BCUT2D eigenvalue weighted by atomic mass is 16.5. The van der Waals surface area contributed by atoms with Gasteiger partial charge in [-0.3, -0.25) is 15.0 Å². The van der Waals surface area contributed by atoms with Crippen LogP contribution in [0.1, 0.15) is 23.6 Å². The lowest BCUT2D eigenvalue weighted by atomic mass is 9.92. The van der Waals surface area contributed by atoms with Crippen molar-refractivity contribution in [3.8, 4) is 11.5 Å². The maximum Gasteiger partial charge on any atom is 0.344 e. The molecule has 1 heterocycles. The molecule has 0 aliphatic carbocycles. The van der Waals surface area contributed by atoms with Crippen LogP contribution < -0.4 is 20.2 Å². The highest BCUT2D eigenvalue weighted by molar-refractivity contribution is 6.08. The number of carbonyl (C=O) groups excluding carboxylic acids is 3. The van der Waals surface area contributed by atoms with Gasteiger partial charge in [-0.25, -0.2) is 4.79 Å². The molecule has 8 nitrogen and oxygen atoms in total. The molecule has 0 saturated carbocycles. The molecule has 3 rings (SSSR count). The molecule has 1 atom stereocenters. The maximum absolute atomic E-state index is 12.9. The van der Waals surface area contributed by atoms with Crippen LogP contribution in [0.5, 0.6) is 11.5 Å². The fourth-order valence-corrected chi connectivity index (χ4v) is 3.03. The predicted molar refractivity (Wildman–Crippen MR) is 105 cm³/mol. The van der Waals surface area contributed by atoms with E-state index in [-0.39, 0.29) is 6.61 Å².